The minimum atomic E-state index is -2.71. The van der Waals surface area contributed by atoms with Crippen molar-refractivity contribution < 1.29 is 13.6 Å². The summed E-state index contributed by atoms with van der Waals surface area (Å²) in [7, 11) is 0. The molecule has 0 N–H and O–H groups in total. The molecule has 1 aromatic carbocycles. The Hall–Kier alpha value is -0.670. The number of benzene rings is 1. The Bertz CT molecular complexity index is 377. The fraction of sp³-hybridized carbons (Fsp3) is 0.222. The quantitative estimate of drug-likeness (QED) is 0.709. The third-order valence-electron chi connectivity index (χ3n) is 1.71. The first-order valence-electron chi connectivity index (χ1n) is 3.72. The molecule has 0 aliphatic carbocycles. The van der Waals surface area contributed by atoms with E-state index in [2.05, 4.69) is 0 Å². The highest BCUT2D eigenvalue weighted by atomic mass is 35.5. The minimum Gasteiger partial charge on any atom is -0.294 e. The Balaban J connectivity index is 3.41. The van der Waals surface area contributed by atoms with Crippen molar-refractivity contribution in [1.29, 1.82) is 0 Å². The molecular formula is C9H6Cl2F2O. The van der Waals surface area contributed by atoms with E-state index in [4.69, 9.17) is 23.2 Å². The summed E-state index contributed by atoms with van der Waals surface area (Å²) in [5, 5.41) is -0.174. The zero-order valence-electron chi connectivity index (χ0n) is 7.15. The van der Waals surface area contributed by atoms with E-state index in [1.54, 1.807) is 0 Å². The molecule has 0 fully saturated rings. The van der Waals surface area contributed by atoms with E-state index in [1.807, 2.05) is 0 Å². The van der Waals surface area contributed by atoms with Gasteiger partial charge in [-0.2, -0.15) is 0 Å². The van der Waals surface area contributed by atoms with E-state index in [9.17, 15) is 13.6 Å². The molecule has 0 saturated carbocycles. The van der Waals surface area contributed by atoms with Crippen LogP contribution in [-0.2, 0) is 0 Å². The van der Waals surface area contributed by atoms with Gasteiger partial charge in [0.15, 0.2) is 5.78 Å². The first kappa shape index (κ1) is 11.4. The maximum Gasteiger partial charge on any atom is 0.265 e. The molecule has 1 aromatic rings. The lowest BCUT2D eigenvalue weighted by Gasteiger charge is -2.08. The molecule has 0 aliphatic heterocycles. The van der Waals surface area contributed by atoms with Gasteiger partial charge in [-0.05, 0) is 13.0 Å². The third kappa shape index (κ3) is 2.04. The van der Waals surface area contributed by atoms with Gasteiger partial charge < -0.3 is 0 Å². The van der Waals surface area contributed by atoms with Gasteiger partial charge in [0.05, 0.1) is 15.6 Å². The Morgan fingerprint density at radius 2 is 1.93 bits per heavy atom. The number of halogens is 4. The van der Waals surface area contributed by atoms with Crippen molar-refractivity contribution in [3.05, 3.63) is 33.3 Å². The lowest BCUT2D eigenvalue weighted by atomic mass is 10.1. The van der Waals surface area contributed by atoms with Gasteiger partial charge in [0, 0.05) is 5.56 Å². The number of hydrogen-bond acceptors (Lipinski definition) is 1. The summed E-state index contributed by atoms with van der Waals surface area (Å²) in [5.41, 5.74) is -0.424. The van der Waals surface area contributed by atoms with Crippen LogP contribution in [0.2, 0.25) is 10.0 Å². The molecule has 0 aromatic heterocycles. The number of hydrogen-bond donors (Lipinski definition) is 0. The number of Topliss-reactive ketones (excluding diaryl/α,β-unsaturated/α-hetero) is 1. The Morgan fingerprint density at radius 3 is 2.36 bits per heavy atom. The van der Waals surface area contributed by atoms with Crippen LogP contribution in [-0.4, -0.2) is 5.78 Å². The van der Waals surface area contributed by atoms with Crippen LogP contribution in [0, 0.1) is 0 Å². The topological polar surface area (TPSA) is 17.1 Å². The van der Waals surface area contributed by atoms with Crippen LogP contribution in [0.15, 0.2) is 12.1 Å². The zero-order chi connectivity index (χ0) is 10.9. The molecule has 5 heteroatoms. The molecule has 1 nitrogen and oxygen atoms in total. The van der Waals surface area contributed by atoms with Crippen molar-refractivity contribution in [1.82, 2.24) is 0 Å². The molecule has 14 heavy (non-hydrogen) atoms. The van der Waals surface area contributed by atoms with Crippen LogP contribution in [0.1, 0.15) is 29.3 Å². The van der Waals surface area contributed by atoms with Crippen molar-refractivity contribution in [3.8, 4) is 0 Å². The number of alkyl halides is 2. The van der Waals surface area contributed by atoms with Gasteiger partial charge in [-0.3, -0.25) is 4.79 Å². The summed E-state index contributed by atoms with van der Waals surface area (Å²) in [6.07, 6.45) is -2.71. The smallest absolute Gasteiger partial charge is 0.265 e. The Morgan fingerprint density at radius 1 is 1.36 bits per heavy atom. The average molecular weight is 239 g/mol. The monoisotopic (exact) mass is 238 g/mol. The number of rotatable bonds is 2. The fourth-order valence-electron chi connectivity index (χ4n) is 1.06. The van der Waals surface area contributed by atoms with Crippen LogP contribution < -0.4 is 0 Å². The summed E-state index contributed by atoms with van der Waals surface area (Å²) >= 11 is 11.3. The molecule has 0 saturated heterocycles. The molecule has 0 bridgehead atoms. The van der Waals surface area contributed by atoms with Crippen molar-refractivity contribution in [2.24, 2.45) is 0 Å². The average Bonchev–Trinajstić information content (AvgIpc) is 2.02. The molecular weight excluding hydrogens is 233 g/mol. The molecule has 0 heterocycles. The van der Waals surface area contributed by atoms with Gasteiger partial charge in [-0.25, -0.2) is 8.78 Å². The standard InChI is InChI=1S/C9H6Cl2F2O/c1-4(14)7-6(10)3-2-5(8(7)11)9(12)13/h2-3,9H,1H3. The van der Waals surface area contributed by atoms with Gasteiger partial charge in [0.2, 0.25) is 0 Å². The lowest BCUT2D eigenvalue weighted by Crippen LogP contribution is -1.98. The molecule has 0 unspecified atom stereocenters. The molecule has 0 spiro atoms. The highest BCUT2D eigenvalue weighted by Gasteiger charge is 2.19. The fourth-order valence-corrected chi connectivity index (χ4v) is 1.78. The second kappa shape index (κ2) is 4.24. The highest BCUT2D eigenvalue weighted by Crippen LogP contribution is 2.33. The first-order valence-corrected chi connectivity index (χ1v) is 4.47. The molecule has 0 aliphatic rings. The first-order chi connectivity index (χ1) is 6.45. The van der Waals surface area contributed by atoms with Crippen LogP contribution in [0.4, 0.5) is 8.78 Å². The molecule has 76 valence electrons. The summed E-state index contributed by atoms with van der Waals surface area (Å²) in [6.45, 7) is 1.22. The van der Waals surface area contributed by atoms with E-state index in [0.29, 0.717) is 0 Å². The second-order valence-corrected chi connectivity index (χ2v) is 3.47. The van der Waals surface area contributed by atoms with Gasteiger partial charge in [0.25, 0.3) is 6.43 Å². The molecule has 1 rings (SSSR count). The van der Waals surface area contributed by atoms with Crippen molar-refractivity contribution in [2.75, 3.05) is 0 Å². The second-order valence-electron chi connectivity index (χ2n) is 2.68. The molecule has 0 amide bonds. The predicted octanol–water partition coefficient (Wildman–Crippen LogP) is 4.13. The van der Waals surface area contributed by atoms with Crippen LogP contribution in [0.5, 0.6) is 0 Å². The van der Waals surface area contributed by atoms with Crippen LogP contribution >= 0.6 is 23.2 Å². The van der Waals surface area contributed by atoms with Crippen molar-refractivity contribution in [3.63, 3.8) is 0 Å². The molecule has 0 atom stereocenters. The summed E-state index contributed by atoms with van der Waals surface area (Å²) in [6, 6.07) is 2.35. The van der Waals surface area contributed by atoms with Crippen LogP contribution in [0.3, 0.4) is 0 Å². The van der Waals surface area contributed by atoms with E-state index >= 15 is 0 Å². The Labute approximate surface area is 89.6 Å². The largest absolute Gasteiger partial charge is 0.294 e. The van der Waals surface area contributed by atoms with E-state index in [1.165, 1.54) is 13.0 Å². The van der Waals surface area contributed by atoms with Crippen molar-refractivity contribution in [2.45, 2.75) is 13.3 Å². The van der Waals surface area contributed by atoms with E-state index in [0.717, 1.165) is 6.07 Å². The maximum absolute atomic E-state index is 12.4. The molecule has 0 radical (unpaired) electrons. The highest BCUT2D eigenvalue weighted by molar-refractivity contribution is 6.40. The normalized spacial score (nSPS) is 10.7. The third-order valence-corrected chi connectivity index (χ3v) is 2.43. The zero-order valence-corrected chi connectivity index (χ0v) is 8.66. The number of carbonyl (C=O) groups excluding carboxylic acids is 1. The SMILES string of the molecule is CC(=O)c1c(Cl)ccc(C(F)F)c1Cl. The summed E-state index contributed by atoms with van der Waals surface area (Å²) < 4.78 is 24.7. The maximum atomic E-state index is 12.4. The van der Waals surface area contributed by atoms with E-state index < -0.39 is 12.2 Å². The summed E-state index contributed by atoms with van der Waals surface area (Å²) in [5.74, 6) is -0.428. The van der Waals surface area contributed by atoms with Gasteiger partial charge in [0.1, 0.15) is 0 Å². The van der Waals surface area contributed by atoms with Gasteiger partial charge in [-0.1, -0.05) is 29.3 Å². The predicted molar refractivity (Wildman–Crippen MR) is 51.4 cm³/mol. The minimum absolute atomic E-state index is 0.0499. The number of ketones is 1. The summed E-state index contributed by atoms with van der Waals surface area (Å²) in [4.78, 5) is 11.0. The lowest BCUT2D eigenvalue weighted by molar-refractivity contribution is 0.101. The van der Waals surface area contributed by atoms with Crippen LogP contribution in [0.25, 0.3) is 0 Å². The van der Waals surface area contributed by atoms with Gasteiger partial charge in [-0.15, -0.1) is 0 Å². The number of carbonyl (C=O) groups is 1. The Kier molecular flexibility index (Phi) is 3.45. The van der Waals surface area contributed by atoms with E-state index in [-0.39, 0.29) is 21.2 Å². The van der Waals surface area contributed by atoms with Gasteiger partial charge >= 0.3 is 0 Å². The van der Waals surface area contributed by atoms with Crippen molar-refractivity contribution >= 4 is 29.0 Å².